The molecule has 0 fully saturated rings. The van der Waals surface area contributed by atoms with Crippen molar-refractivity contribution >= 4 is 23.2 Å². The maximum absolute atomic E-state index is 11.9. The van der Waals surface area contributed by atoms with Crippen LogP contribution in [0.4, 0.5) is 5.69 Å². The first-order valence-corrected chi connectivity index (χ1v) is 5.57. The average Bonchev–Trinajstić information content (AvgIpc) is 2.68. The zero-order valence-electron chi connectivity index (χ0n) is 9.58. The zero-order chi connectivity index (χ0) is 12.4. The van der Waals surface area contributed by atoms with Gasteiger partial charge in [0.1, 0.15) is 0 Å². The molecule has 0 bridgehead atoms. The van der Waals surface area contributed by atoms with Gasteiger partial charge >= 0.3 is 0 Å². The standard InChI is InChI=1S/C13H12ClNO2/c1-8-3-4-11(10(14)7-8)15-13(16)12-9(2)5-6-17-12/h3-7H,1-2H3,(H,15,16). The monoisotopic (exact) mass is 249 g/mol. The van der Waals surface area contributed by atoms with Crippen LogP contribution >= 0.6 is 11.6 Å². The van der Waals surface area contributed by atoms with Gasteiger partial charge in [-0.2, -0.15) is 0 Å². The van der Waals surface area contributed by atoms with Gasteiger partial charge in [0, 0.05) is 5.56 Å². The number of anilines is 1. The molecule has 2 rings (SSSR count). The molecule has 0 radical (unpaired) electrons. The van der Waals surface area contributed by atoms with E-state index >= 15 is 0 Å². The van der Waals surface area contributed by atoms with E-state index in [2.05, 4.69) is 5.32 Å². The van der Waals surface area contributed by atoms with E-state index in [1.165, 1.54) is 6.26 Å². The molecule has 0 unspecified atom stereocenters. The van der Waals surface area contributed by atoms with Crippen LogP contribution in [0.2, 0.25) is 5.02 Å². The molecule has 0 saturated heterocycles. The van der Waals surface area contributed by atoms with Gasteiger partial charge in [-0.1, -0.05) is 17.7 Å². The molecule has 1 aromatic heterocycles. The van der Waals surface area contributed by atoms with E-state index in [9.17, 15) is 4.79 Å². The second-order valence-electron chi connectivity index (χ2n) is 3.87. The first-order chi connectivity index (χ1) is 8.08. The summed E-state index contributed by atoms with van der Waals surface area (Å²) in [5.41, 5.74) is 2.42. The van der Waals surface area contributed by atoms with Gasteiger partial charge in [-0.3, -0.25) is 4.79 Å². The van der Waals surface area contributed by atoms with E-state index < -0.39 is 0 Å². The minimum atomic E-state index is -0.293. The molecule has 1 heterocycles. The Morgan fingerprint density at radius 1 is 1.29 bits per heavy atom. The SMILES string of the molecule is Cc1ccc(NC(=O)c2occc2C)c(Cl)c1. The van der Waals surface area contributed by atoms with Crippen LogP contribution in [0.3, 0.4) is 0 Å². The molecule has 0 aliphatic carbocycles. The third kappa shape index (κ3) is 2.50. The van der Waals surface area contributed by atoms with Gasteiger partial charge in [-0.25, -0.2) is 0 Å². The Morgan fingerprint density at radius 2 is 2.06 bits per heavy atom. The van der Waals surface area contributed by atoms with Gasteiger partial charge in [0.25, 0.3) is 5.91 Å². The topological polar surface area (TPSA) is 42.2 Å². The van der Waals surface area contributed by atoms with Crippen molar-refractivity contribution in [2.24, 2.45) is 0 Å². The highest BCUT2D eigenvalue weighted by Gasteiger charge is 2.13. The van der Waals surface area contributed by atoms with Crippen molar-refractivity contribution in [2.75, 3.05) is 5.32 Å². The van der Waals surface area contributed by atoms with Gasteiger partial charge < -0.3 is 9.73 Å². The number of hydrogen-bond acceptors (Lipinski definition) is 2. The lowest BCUT2D eigenvalue weighted by Gasteiger charge is -2.06. The lowest BCUT2D eigenvalue weighted by molar-refractivity contribution is 0.0996. The largest absolute Gasteiger partial charge is 0.459 e. The molecule has 0 spiro atoms. The second-order valence-corrected chi connectivity index (χ2v) is 4.28. The molecule has 2 aromatic rings. The van der Waals surface area contributed by atoms with Crippen LogP contribution in [0.15, 0.2) is 34.9 Å². The molecular weight excluding hydrogens is 238 g/mol. The number of furan rings is 1. The summed E-state index contributed by atoms with van der Waals surface area (Å²) in [5.74, 6) is 0.0138. The van der Waals surface area contributed by atoms with Crippen molar-refractivity contribution in [1.29, 1.82) is 0 Å². The highest BCUT2D eigenvalue weighted by molar-refractivity contribution is 6.34. The lowest BCUT2D eigenvalue weighted by Crippen LogP contribution is -2.12. The minimum absolute atomic E-state index is 0.293. The molecule has 1 amide bonds. The summed E-state index contributed by atoms with van der Waals surface area (Å²) < 4.78 is 5.11. The Morgan fingerprint density at radius 3 is 2.65 bits per heavy atom. The summed E-state index contributed by atoms with van der Waals surface area (Å²) in [6.45, 7) is 3.75. The summed E-state index contributed by atoms with van der Waals surface area (Å²) in [5, 5.41) is 3.23. The Bertz CT molecular complexity index is 560. The number of rotatable bonds is 2. The molecule has 3 nitrogen and oxygen atoms in total. The summed E-state index contributed by atoms with van der Waals surface area (Å²) in [6.07, 6.45) is 1.49. The molecule has 4 heteroatoms. The fourth-order valence-electron chi connectivity index (χ4n) is 1.51. The van der Waals surface area contributed by atoms with Crippen LogP contribution < -0.4 is 5.32 Å². The van der Waals surface area contributed by atoms with Crippen LogP contribution in [0.1, 0.15) is 21.7 Å². The van der Waals surface area contributed by atoms with Crippen molar-refractivity contribution in [3.63, 3.8) is 0 Å². The third-order valence-corrected chi connectivity index (χ3v) is 2.75. The predicted molar refractivity (Wildman–Crippen MR) is 67.6 cm³/mol. The number of carbonyl (C=O) groups is 1. The fourth-order valence-corrected chi connectivity index (χ4v) is 1.79. The Balaban J connectivity index is 2.22. The number of halogens is 1. The maximum atomic E-state index is 11.9. The van der Waals surface area contributed by atoms with Crippen molar-refractivity contribution in [3.05, 3.63) is 52.4 Å². The molecule has 0 atom stereocenters. The maximum Gasteiger partial charge on any atom is 0.291 e. The van der Waals surface area contributed by atoms with Gasteiger partial charge in [-0.05, 0) is 37.6 Å². The van der Waals surface area contributed by atoms with E-state index in [1.54, 1.807) is 18.2 Å². The van der Waals surface area contributed by atoms with Crippen molar-refractivity contribution in [3.8, 4) is 0 Å². The van der Waals surface area contributed by atoms with Gasteiger partial charge in [0.2, 0.25) is 0 Å². The smallest absolute Gasteiger partial charge is 0.291 e. The first kappa shape index (κ1) is 11.7. The van der Waals surface area contributed by atoms with E-state index in [1.807, 2.05) is 19.9 Å². The summed E-state index contributed by atoms with van der Waals surface area (Å²) in [7, 11) is 0. The fraction of sp³-hybridized carbons (Fsp3) is 0.154. The van der Waals surface area contributed by atoms with Crippen LogP contribution in [0, 0.1) is 13.8 Å². The minimum Gasteiger partial charge on any atom is -0.459 e. The van der Waals surface area contributed by atoms with E-state index in [4.69, 9.17) is 16.0 Å². The van der Waals surface area contributed by atoms with Crippen LogP contribution in [0.5, 0.6) is 0 Å². The number of benzene rings is 1. The highest BCUT2D eigenvalue weighted by Crippen LogP contribution is 2.23. The van der Waals surface area contributed by atoms with Crippen molar-refractivity contribution in [1.82, 2.24) is 0 Å². The predicted octanol–water partition coefficient (Wildman–Crippen LogP) is 3.80. The van der Waals surface area contributed by atoms with Crippen molar-refractivity contribution in [2.45, 2.75) is 13.8 Å². The molecule has 0 aliphatic heterocycles. The summed E-state index contributed by atoms with van der Waals surface area (Å²) >= 11 is 6.03. The van der Waals surface area contributed by atoms with Gasteiger partial charge in [-0.15, -0.1) is 0 Å². The number of hydrogen-bond donors (Lipinski definition) is 1. The number of carbonyl (C=O) groups excluding carboxylic acids is 1. The second kappa shape index (κ2) is 4.63. The molecule has 17 heavy (non-hydrogen) atoms. The van der Waals surface area contributed by atoms with Crippen LogP contribution in [-0.4, -0.2) is 5.91 Å². The Labute approximate surface area is 104 Å². The highest BCUT2D eigenvalue weighted by atomic mass is 35.5. The van der Waals surface area contributed by atoms with E-state index in [0.29, 0.717) is 16.5 Å². The van der Waals surface area contributed by atoms with Gasteiger partial charge in [0.05, 0.1) is 17.0 Å². The third-order valence-electron chi connectivity index (χ3n) is 2.44. The van der Waals surface area contributed by atoms with Crippen LogP contribution in [0.25, 0.3) is 0 Å². The first-order valence-electron chi connectivity index (χ1n) is 5.19. The van der Waals surface area contributed by atoms with Crippen LogP contribution in [-0.2, 0) is 0 Å². The number of amides is 1. The molecule has 1 N–H and O–H groups in total. The number of aryl methyl sites for hydroxylation is 2. The molecule has 88 valence electrons. The normalized spacial score (nSPS) is 10.3. The van der Waals surface area contributed by atoms with Crippen molar-refractivity contribution < 1.29 is 9.21 Å². The Kier molecular flexibility index (Phi) is 3.20. The van der Waals surface area contributed by atoms with E-state index in [-0.39, 0.29) is 5.91 Å². The zero-order valence-corrected chi connectivity index (χ0v) is 10.3. The number of nitrogens with one attached hydrogen (secondary N) is 1. The van der Waals surface area contributed by atoms with Gasteiger partial charge in [0.15, 0.2) is 5.76 Å². The molecule has 1 aromatic carbocycles. The lowest BCUT2D eigenvalue weighted by atomic mass is 10.2. The molecule has 0 aliphatic rings. The summed E-state index contributed by atoms with van der Waals surface area (Å²) in [6, 6.07) is 7.20. The Hall–Kier alpha value is -1.74. The quantitative estimate of drug-likeness (QED) is 0.880. The molecule has 0 saturated carbocycles. The summed E-state index contributed by atoms with van der Waals surface area (Å²) in [4.78, 5) is 11.9. The van der Waals surface area contributed by atoms with E-state index in [0.717, 1.165) is 11.1 Å². The average molecular weight is 250 g/mol. The molecular formula is C13H12ClNO2.